The van der Waals surface area contributed by atoms with E-state index < -0.39 is 0 Å². The summed E-state index contributed by atoms with van der Waals surface area (Å²) in [6.07, 6.45) is 13.1. The number of aromatic hydroxyl groups is 1. The zero-order chi connectivity index (χ0) is 106. The van der Waals surface area contributed by atoms with E-state index in [0.29, 0.717) is 77.8 Å². The Kier molecular flexibility index (Phi) is 46.2. The number of hydrogen-bond donors (Lipinski definition) is 8. The Balaban J connectivity index is 0.000000236. The number of rotatable bonds is 23. The molecule has 760 valence electrons. The second-order valence-electron chi connectivity index (χ2n) is 35.7. The van der Waals surface area contributed by atoms with Gasteiger partial charge in [-0.1, -0.05) is 121 Å². The Morgan fingerprint density at radius 3 is 1.01 bits per heavy atom. The van der Waals surface area contributed by atoms with E-state index >= 15 is 0 Å². The number of phenols is 1. The van der Waals surface area contributed by atoms with Crippen LogP contribution in [0.2, 0.25) is 0 Å². The Morgan fingerprint density at radius 1 is 0.375 bits per heavy atom. The van der Waals surface area contributed by atoms with Crippen LogP contribution in [0.3, 0.4) is 0 Å². The smallest absolute Gasteiger partial charge is 0.373 e. The SMILES string of the molecule is CC(=O)N1CCCC1COc1cccc2nc(C)cc(N)c12.Cc1cc(N)c2c(OCC(NC(=O)c3ccccc3O)C(C)C)cccc2n1.Cc1cc(N)c2c(OCC3CCCN3C(=O)C(C)C)cccc2n1.Cc1cc(N)c2c(OCC3CCCN3C(=O)C3CCCCC3)cccc2n1.Cc1cccc(C(=O)NC(COc2cccc3nc(C)cc(N)c23)C(C)C)c1.O=C=O.O=C=O.O=C=O.O=C=O.O=C=O. The number of hydrogen-bond acceptors (Lipinski definition) is 31. The van der Waals surface area contributed by atoms with Gasteiger partial charge in [0.2, 0.25) is 17.7 Å². The highest BCUT2D eigenvalue weighted by molar-refractivity contribution is 6.00. The topological polar surface area (TPSA) is 551 Å². The van der Waals surface area contributed by atoms with Gasteiger partial charge in [0.05, 0.1) is 90.3 Å². The molecule has 3 aliphatic heterocycles. The van der Waals surface area contributed by atoms with E-state index in [9.17, 15) is 29.1 Å². The van der Waals surface area contributed by atoms with Gasteiger partial charge in [0, 0.05) is 101 Å². The van der Waals surface area contributed by atoms with E-state index in [2.05, 4.69) is 54.3 Å². The number of anilines is 5. The molecule has 5 aromatic heterocycles. The molecule has 5 atom stereocenters. The van der Waals surface area contributed by atoms with E-state index in [4.69, 9.17) is 100 Å². The third kappa shape index (κ3) is 33.4. The first kappa shape index (κ1) is 115. The molecule has 8 heterocycles. The lowest BCUT2D eigenvalue weighted by atomic mass is 9.88. The van der Waals surface area contributed by atoms with Crippen molar-refractivity contribution in [2.45, 2.75) is 191 Å². The number of phenolic OH excluding ortho intramolecular Hbond substituents is 1. The van der Waals surface area contributed by atoms with Crippen molar-refractivity contribution in [3.05, 3.63) is 215 Å². The van der Waals surface area contributed by atoms with Gasteiger partial charge in [-0.15, -0.1) is 0 Å². The Bertz CT molecular complexity index is 6470. The van der Waals surface area contributed by atoms with E-state index in [1.807, 2.05) is 225 Å². The lowest BCUT2D eigenvalue weighted by Gasteiger charge is -2.30. The highest BCUT2D eigenvalue weighted by atomic mass is 16.5. The number of likely N-dealkylation sites (tertiary alicyclic amines) is 3. The molecule has 1 saturated carbocycles. The number of benzene rings is 7. The summed E-state index contributed by atoms with van der Waals surface area (Å²) in [6.45, 7) is 29.8. The number of aromatic nitrogens is 5. The predicted octanol–water partition coefficient (Wildman–Crippen LogP) is 14.8. The molecule has 4 fully saturated rings. The monoisotopic (exact) mass is 1970 g/mol. The number of amides is 5. The minimum Gasteiger partial charge on any atom is -0.507 e. The van der Waals surface area contributed by atoms with Gasteiger partial charge in [-0.05, 0) is 220 Å². The first-order valence-corrected chi connectivity index (χ1v) is 47.2. The van der Waals surface area contributed by atoms with Crippen molar-refractivity contribution in [1.29, 1.82) is 0 Å². The molecule has 144 heavy (non-hydrogen) atoms. The molecule has 0 radical (unpaired) electrons. The van der Waals surface area contributed by atoms with Crippen LogP contribution in [-0.2, 0) is 62.3 Å². The molecule has 0 bridgehead atoms. The van der Waals surface area contributed by atoms with E-state index in [1.54, 1.807) is 25.1 Å². The van der Waals surface area contributed by atoms with E-state index in [1.165, 1.54) is 25.3 Å². The number of carbonyl (C=O) groups is 5. The molecule has 7 aromatic carbocycles. The summed E-state index contributed by atoms with van der Waals surface area (Å²) in [7, 11) is 0. The van der Waals surface area contributed by atoms with Gasteiger partial charge >= 0.3 is 30.8 Å². The van der Waals surface area contributed by atoms with Crippen LogP contribution >= 0.6 is 0 Å². The van der Waals surface area contributed by atoms with Gasteiger partial charge in [0.1, 0.15) is 67.5 Å². The first-order valence-electron chi connectivity index (χ1n) is 47.2. The van der Waals surface area contributed by atoms with Gasteiger partial charge in [-0.25, -0.2) is 0 Å². The van der Waals surface area contributed by atoms with Gasteiger partial charge in [-0.2, -0.15) is 47.9 Å². The average Bonchev–Trinajstić information content (AvgIpc) is 1.46. The van der Waals surface area contributed by atoms with Crippen LogP contribution < -0.4 is 63.0 Å². The van der Waals surface area contributed by atoms with Crippen LogP contribution in [0.15, 0.2) is 170 Å². The third-order valence-electron chi connectivity index (χ3n) is 24.1. The number of nitrogen functional groups attached to an aromatic ring is 5. The molecule has 36 nitrogen and oxygen atoms in total. The molecule has 3 saturated heterocycles. The zero-order valence-electron chi connectivity index (χ0n) is 83.4. The standard InChI is InChI=1S/C23H27N3O2.C22H25N3O3.C22H29N3O2.C19H25N3O2.C17H21N3O2.5CO2/c1-14(2)20(26-23(27)17-8-5-7-15(3)11-17)13-28-21-10-6-9-19-22(21)18(24)12-16(4)25-19;1-13(2)18(25-22(27)15-7-4-5-9-19(15)26)12-28-20-10-6-8-17-21(20)16(23)11-14(3)24-17;1-15-13-18(23)21-19(24-15)10-5-11-20(21)27-14-17-9-6-12-25(17)22(26)16-7-3-2-4-8-16;1-12(2)19(23)22-9-5-6-14(22)11-24-17-8-4-7-16-18(17)15(20)10-13(3)21-16;1-11-9-14(18)17-15(19-11)6-3-7-16(17)22-10-13-5-4-8-20(13)12(2)21;5*2-1-3/h5-12,14,20H,13H2,1-4H3,(H2,24,25)(H,26,27);4-11,13,18,26H,12H2,1-3H3,(H2,23,24)(H,25,27);5,10-11,13,16-17H,2-4,6-9,12,14H2,1H3,(H2,23,24);4,7-8,10,12,14H,5-6,9,11H2,1-3H3,(H2,20,21);3,6-7,9,13H,4-5,8,10H2,1-2H3,(H2,18,19);;;;;. The van der Waals surface area contributed by atoms with Crippen molar-refractivity contribution < 1.29 is 101 Å². The van der Waals surface area contributed by atoms with Crippen molar-refractivity contribution in [2.75, 3.05) is 81.3 Å². The lowest BCUT2D eigenvalue weighted by molar-refractivity contribution is -0.193. The number of para-hydroxylation sites is 1. The number of nitrogens with one attached hydrogen (secondary N) is 2. The van der Waals surface area contributed by atoms with Crippen molar-refractivity contribution in [1.82, 2.24) is 50.3 Å². The number of carbonyl (C=O) groups excluding carboxylic acids is 15. The fraction of sp³-hybridized carbons (Fsp3) is 0.380. The van der Waals surface area contributed by atoms with Crippen molar-refractivity contribution in [2.24, 2.45) is 23.7 Å². The molecule has 13 N–H and O–H groups in total. The third-order valence-corrected chi connectivity index (χ3v) is 24.1. The van der Waals surface area contributed by atoms with Crippen LogP contribution in [-0.4, -0.2) is 188 Å². The number of fused-ring (bicyclic) bond motifs is 5. The molecule has 16 rings (SSSR count). The number of pyridine rings is 5. The summed E-state index contributed by atoms with van der Waals surface area (Å²) in [5.74, 6) is 4.29. The summed E-state index contributed by atoms with van der Waals surface area (Å²) in [5, 5.41) is 20.1. The molecule has 0 spiro atoms. The van der Waals surface area contributed by atoms with E-state index in [0.717, 1.165) is 177 Å². The van der Waals surface area contributed by atoms with Crippen LogP contribution in [0.25, 0.3) is 54.5 Å². The van der Waals surface area contributed by atoms with Crippen LogP contribution in [0.4, 0.5) is 28.4 Å². The quantitative estimate of drug-likeness (QED) is 0.0295. The maximum absolute atomic E-state index is 13.0. The zero-order valence-corrected chi connectivity index (χ0v) is 83.4. The lowest BCUT2D eigenvalue weighted by Crippen LogP contribution is -2.42. The number of ether oxygens (including phenoxy) is 5. The number of nitrogens with two attached hydrogens (primary N) is 5. The molecular formula is C108H127N15O21. The summed E-state index contributed by atoms with van der Waals surface area (Å²) in [5.41, 5.74) is 44.7. The molecule has 4 aliphatic rings. The molecule has 5 unspecified atom stereocenters. The minimum absolute atomic E-state index is 0.0194. The Hall–Kier alpha value is -16.4. The average molecular weight is 1970 g/mol. The van der Waals surface area contributed by atoms with Gasteiger partial charge in [0.25, 0.3) is 11.8 Å². The maximum atomic E-state index is 13.0. The Morgan fingerprint density at radius 2 is 0.681 bits per heavy atom. The minimum atomic E-state index is -0.338. The van der Waals surface area contributed by atoms with Gasteiger partial charge < -0.3 is 82.8 Å². The van der Waals surface area contributed by atoms with Crippen LogP contribution in [0, 0.1) is 65.2 Å². The predicted molar refractivity (Wildman–Crippen MR) is 540 cm³/mol. The maximum Gasteiger partial charge on any atom is 0.373 e. The highest BCUT2D eigenvalue weighted by Crippen LogP contribution is 2.38. The molecule has 1 aliphatic carbocycles. The van der Waals surface area contributed by atoms with Gasteiger partial charge in [0.15, 0.2) is 0 Å². The normalized spacial score (nSPS) is 14.6. The van der Waals surface area contributed by atoms with Crippen molar-refractivity contribution >= 4 is 143 Å². The molecule has 5 amide bonds. The number of nitrogens with zero attached hydrogens (tertiary/aromatic N) is 8. The second-order valence-corrected chi connectivity index (χ2v) is 35.7. The van der Waals surface area contributed by atoms with Crippen molar-refractivity contribution in [3.63, 3.8) is 0 Å². The summed E-state index contributed by atoms with van der Waals surface area (Å²) in [4.78, 5) is 172. The Labute approximate surface area is 835 Å². The second kappa shape index (κ2) is 58.0. The summed E-state index contributed by atoms with van der Waals surface area (Å²) < 4.78 is 30.4. The van der Waals surface area contributed by atoms with Crippen LogP contribution in [0.5, 0.6) is 34.5 Å². The summed E-state index contributed by atoms with van der Waals surface area (Å²) in [6, 6.07) is 52.0. The molecule has 36 heteroatoms. The fourth-order valence-corrected chi connectivity index (χ4v) is 17.3. The van der Waals surface area contributed by atoms with Crippen molar-refractivity contribution in [3.8, 4) is 34.5 Å². The first-order chi connectivity index (χ1) is 68.9. The summed E-state index contributed by atoms with van der Waals surface area (Å²) >= 11 is 0. The molecule has 12 aromatic rings. The molecular weight excluding hydrogens is 1840 g/mol. The fourth-order valence-electron chi connectivity index (χ4n) is 17.3. The van der Waals surface area contributed by atoms with E-state index in [-0.39, 0.29) is 126 Å². The van der Waals surface area contributed by atoms with Crippen LogP contribution in [0.1, 0.15) is 174 Å². The largest absolute Gasteiger partial charge is 0.507 e. The highest BCUT2D eigenvalue weighted by Gasteiger charge is 2.36. The number of aryl methyl sites for hydroxylation is 6. The van der Waals surface area contributed by atoms with Gasteiger partial charge in [-0.3, -0.25) is 48.9 Å².